The van der Waals surface area contributed by atoms with E-state index < -0.39 is 0 Å². The van der Waals surface area contributed by atoms with Crippen molar-refractivity contribution in [1.29, 1.82) is 5.26 Å². The van der Waals surface area contributed by atoms with E-state index in [4.69, 9.17) is 5.26 Å². The van der Waals surface area contributed by atoms with Crippen molar-refractivity contribution >= 4 is 23.1 Å². The quantitative estimate of drug-likeness (QED) is 0.830. The number of carbonyl (C=O) groups is 2. The fourth-order valence-electron chi connectivity index (χ4n) is 1.93. The zero-order valence-corrected chi connectivity index (χ0v) is 12.1. The molecule has 0 spiro atoms. The molecule has 0 aliphatic carbocycles. The van der Waals surface area contributed by atoms with E-state index in [0.717, 1.165) is 0 Å². The third kappa shape index (κ3) is 3.93. The van der Waals surface area contributed by atoms with E-state index >= 15 is 0 Å². The number of nitrogens with zero attached hydrogens (tertiary/aromatic N) is 1. The molecule has 0 fully saturated rings. The van der Waals surface area contributed by atoms with Gasteiger partial charge in [0.2, 0.25) is 5.91 Å². The zero-order chi connectivity index (χ0) is 15.9. The Bertz CT molecular complexity index is 748. The lowest BCUT2D eigenvalue weighted by Gasteiger charge is -2.09. The number of para-hydroxylation sites is 1. The second-order valence-corrected chi connectivity index (χ2v) is 4.70. The molecule has 0 radical (unpaired) electrons. The number of nitrogens with one attached hydrogen (secondary N) is 2. The lowest BCUT2D eigenvalue weighted by molar-refractivity contribution is -0.114. The van der Waals surface area contributed by atoms with Crippen LogP contribution < -0.4 is 10.6 Å². The number of nitriles is 1. The fraction of sp³-hybridized carbons (Fsp3) is 0.118. The molecule has 0 saturated heterocycles. The molecular weight excluding hydrogens is 278 g/mol. The van der Waals surface area contributed by atoms with Gasteiger partial charge in [-0.2, -0.15) is 5.26 Å². The molecule has 0 aromatic heterocycles. The predicted molar refractivity (Wildman–Crippen MR) is 84.7 cm³/mol. The van der Waals surface area contributed by atoms with E-state index in [1.165, 1.54) is 6.92 Å². The maximum Gasteiger partial charge on any atom is 0.243 e. The summed E-state index contributed by atoms with van der Waals surface area (Å²) < 4.78 is 0. The fourth-order valence-corrected chi connectivity index (χ4v) is 1.93. The van der Waals surface area contributed by atoms with Gasteiger partial charge in [0.1, 0.15) is 6.07 Å². The number of carbonyl (C=O) groups excluding carboxylic acids is 2. The van der Waals surface area contributed by atoms with Crippen molar-refractivity contribution in [2.75, 3.05) is 17.2 Å². The topological polar surface area (TPSA) is 82.0 Å². The smallest absolute Gasteiger partial charge is 0.243 e. The normalized spacial score (nSPS) is 9.64. The number of Topliss-reactive ketones (excluding diaryl/α,β-unsaturated/α-hetero) is 1. The second kappa shape index (κ2) is 7.04. The third-order valence-corrected chi connectivity index (χ3v) is 3.04. The highest BCUT2D eigenvalue weighted by molar-refractivity contribution is 5.98. The monoisotopic (exact) mass is 293 g/mol. The molecule has 22 heavy (non-hydrogen) atoms. The maximum absolute atomic E-state index is 11.9. The lowest BCUT2D eigenvalue weighted by Crippen LogP contribution is -2.22. The van der Waals surface area contributed by atoms with Crippen LogP contribution in [0.1, 0.15) is 22.8 Å². The molecule has 110 valence electrons. The van der Waals surface area contributed by atoms with Crippen LogP contribution in [0, 0.1) is 11.3 Å². The molecule has 0 heterocycles. The van der Waals surface area contributed by atoms with Crippen molar-refractivity contribution < 1.29 is 9.59 Å². The Kier molecular flexibility index (Phi) is 4.89. The number of anilines is 2. The van der Waals surface area contributed by atoms with Gasteiger partial charge in [0, 0.05) is 11.3 Å². The Hall–Kier alpha value is -3.13. The highest BCUT2D eigenvalue weighted by atomic mass is 16.2. The standard InChI is InChI=1S/C17H15N3O2/c1-12(21)13-6-4-7-15(9-13)20-17(22)11-19-16-8-3-2-5-14(16)10-18/h2-9,19H,11H2,1H3,(H,20,22). The summed E-state index contributed by atoms with van der Waals surface area (Å²) in [5, 5.41) is 14.6. The molecule has 5 heteroatoms. The molecule has 0 saturated carbocycles. The first kappa shape index (κ1) is 15.3. The Morgan fingerprint density at radius 1 is 1.14 bits per heavy atom. The SMILES string of the molecule is CC(=O)c1cccc(NC(=O)CNc2ccccc2C#N)c1. The van der Waals surface area contributed by atoms with Gasteiger partial charge in [-0.25, -0.2) is 0 Å². The molecule has 0 unspecified atom stereocenters. The average Bonchev–Trinajstić information content (AvgIpc) is 2.53. The highest BCUT2D eigenvalue weighted by Gasteiger charge is 2.06. The van der Waals surface area contributed by atoms with Crippen LogP contribution in [0.4, 0.5) is 11.4 Å². The minimum atomic E-state index is -0.256. The number of rotatable bonds is 5. The van der Waals surface area contributed by atoms with Crippen LogP contribution in [-0.4, -0.2) is 18.2 Å². The number of hydrogen-bond acceptors (Lipinski definition) is 4. The van der Waals surface area contributed by atoms with Gasteiger partial charge in [0.15, 0.2) is 5.78 Å². The molecule has 0 bridgehead atoms. The minimum Gasteiger partial charge on any atom is -0.375 e. The molecule has 5 nitrogen and oxygen atoms in total. The van der Waals surface area contributed by atoms with Crippen LogP contribution in [-0.2, 0) is 4.79 Å². The van der Waals surface area contributed by atoms with E-state index in [2.05, 4.69) is 16.7 Å². The molecule has 0 aliphatic heterocycles. The Morgan fingerprint density at radius 2 is 1.91 bits per heavy atom. The summed E-state index contributed by atoms with van der Waals surface area (Å²) in [5.41, 5.74) is 2.19. The van der Waals surface area contributed by atoms with Crippen LogP contribution in [0.15, 0.2) is 48.5 Å². The van der Waals surface area contributed by atoms with Crippen LogP contribution in [0.3, 0.4) is 0 Å². The van der Waals surface area contributed by atoms with Crippen LogP contribution >= 0.6 is 0 Å². The first-order valence-corrected chi connectivity index (χ1v) is 6.74. The van der Waals surface area contributed by atoms with Gasteiger partial charge >= 0.3 is 0 Å². The van der Waals surface area contributed by atoms with Crippen molar-refractivity contribution in [3.05, 3.63) is 59.7 Å². The van der Waals surface area contributed by atoms with Crippen molar-refractivity contribution in [3.8, 4) is 6.07 Å². The zero-order valence-electron chi connectivity index (χ0n) is 12.1. The van der Waals surface area contributed by atoms with Crippen LogP contribution in [0.25, 0.3) is 0 Å². The number of benzene rings is 2. The summed E-state index contributed by atoms with van der Waals surface area (Å²) in [7, 11) is 0. The van der Waals surface area contributed by atoms with Gasteiger partial charge in [-0.1, -0.05) is 24.3 Å². The van der Waals surface area contributed by atoms with Gasteiger partial charge in [0.05, 0.1) is 17.8 Å². The molecule has 2 rings (SSSR count). The van der Waals surface area contributed by atoms with E-state index in [9.17, 15) is 9.59 Å². The van der Waals surface area contributed by atoms with Gasteiger partial charge < -0.3 is 10.6 Å². The summed E-state index contributed by atoms with van der Waals surface area (Å²) in [5.74, 6) is -0.314. The summed E-state index contributed by atoms with van der Waals surface area (Å²) in [6.07, 6.45) is 0. The Labute approximate surface area is 128 Å². The van der Waals surface area contributed by atoms with E-state index in [0.29, 0.717) is 22.5 Å². The van der Waals surface area contributed by atoms with E-state index in [1.54, 1.807) is 48.5 Å². The summed E-state index contributed by atoms with van der Waals surface area (Å²) in [4.78, 5) is 23.2. The van der Waals surface area contributed by atoms with Gasteiger partial charge in [-0.05, 0) is 31.2 Å². The van der Waals surface area contributed by atoms with Crippen molar-refractivity contribution in [3.63, 3.8) is 0 Å². The van der Waals surface area contributed by atoms with Gasteiger partial charge in [-0.15, -0.1) is 0 Å². The highest BCUT2D eigenvalue weighted by Crippen LogP contribution is 2.14. The largest absolute Gasteiger partial charge is 0.375 e. The summed E-state index contributed by atoms with van der Waals surface area (Å²) in [6.45, 7) is 1.50. The molecular formula is C17H15N3O2. The van der Waals surface area contributed by atoms with Crippen molar-refractivity contribution in [1.82, 2.24) is 0 Å². The second-order valence-electron chi connectivity index (χ2n) is 4.70. The number of amides is 1. The van der Waals surface area contributed by atoms with Gasteiger partial charge in [-0.3, -0.25) is 9.59 Å². The first-order chi connectivity index (χ1) is 10.6. The van der Waals surface area contributed by atoms with Crippen LogP contribution in [0.2, 0.25) is 0 Å². The lowest BCUT2D eigenvalue weighted by atomic mass is 10.1. The first-order valence-electron chi connectivity index (χ1n) is 6.74. The number of hydrogen-bond donors (Lipinski definition) is 2. The van der Waals surface area contributed by atoms with E-state index in [-0.39, 0.29) is 18.2 Å². The molecule has 2 aromatic rings. The molecule has 0 atom stereocenters. The maximum atomic E-state index is 11.9. The van der Waals surface area contributed by atoms with Crippen LogP contribution in [0.5, 0.6) is 0 Å². The molecule has 0 aliphatic rings. The average molecular weight is 293 g/mol. The molecule has 1 amide bonds. The minimum absolute atomic E-state index is 0.0307. The summed E-state index contributed by atoms with van der Waals surface area (Å²) >= 11 is 0. The molecule has 2 N–H and O–H groups in total. The predicted octanol–water partition coefficient (Wildman–Crippen LogP) is 2.81. The Balaban J connectivity index is 1.98. The summed E-state index contributed by atoms with van der Waals surface area (Å²) in [6, 6.07) is 15.8. The Morgan fingerprint density at radius 3 is 2.64 bits per heavy atom. The van der Waals surface area contributed by atoms with Crippen molar-refractivity contribution in [2.45, 2.75) is 6.92 Å². The molecule has 2 aromatic carbocycles. The van der Waals surface area contributed by atoms with Gasteiger partial charge in [0.25, 0.3) is 0 Å². The van der Waals surface area contributed by atoms with Crippen molar-refractivity contribution in [2.24, 2.45) is 0 Å². The number of ketones is 1. The third-order valence-electron chi connectivity index (χ3n) is 3.04. The van der Waals surface area contributed by atoms with E-state index in [1.807, 2.05) is 0 Å².